The molecular weight excluding hydrogens is 242 g/mol. The van der Waals surface area contributed by atoms with E-state index in [9.17, 15) is 0 Å². The van der Waals surface area contributed by atoms with Gasteiger partial charge in [-0.3, -0.25) is 0 Å². The maximum absolute atomic E-state index is 4.32. The van der Waals surface area contributed by atoms with Gasteiger partial charge in [-0.25, -0.2) is 9.97 Å². The summed E-state index contributed by atoms with van der Waals surface area (Å²) in [6, 6.07) is 0. The van der Waals surface area contributed by atoms with Gasteiger partial charge in [0.1, 0.15) is 11.6 Å². The normalized spacial score (nSPS) is 15.6. The second-order valence-corrected chi connectivity index (χ2v) is 4.63. The summed E-state index contributed by atoms with van der Waals surface area (Å²) in [6.45, 7) is 2.91. The molecule has 0 saturated heterocycles. The molecule has 2 rings (SSSR count). The van der Waals surface area contributed by atoms with Gasteiger partial charge in [0.25, 0.3) is 0 Å². The summed E-state index contributed by atoms with van der Waals surface area (Å²) in [4.78, 5) is 8.42. The average molecular weight is 256 g/mol. The fourth-order valence-corrected chi connectivity index (χ4v) is 1.71. The Kier molecular flexibility index (Phi) is 3.01. The number of rotatable bonds is 4. The van der Waals surface area contributed by atoms with Crippen molar-refractivity contribution >= 4 is 21.7 Å². The van der Waals surface area contributed by atoms with E-state index < -0.39 is 0 Å². The number of halogens is 1. The molecule has 1 N–H and O–H groups in total. The van der Waals surface area contributed by atoms with Gasteiger partial charge < -0.3 is 5.32 Å². The van der Waals surface area contributed by atoms with E-state index in [0.717, 1.165) is 28.6 Å². The molecule has 0 amide bonds. The van der Waals surface area contributed by atoms with Crippen LogP contribution < -0.4 is 5.32 Å². The third-order valence-corrected chi connectivity index (χ3v) is 2.99. The summed E-state index contributed by atoms with van der Waals surface area (Å²) in [7, 11) is 0. The topological polar surface area (TPSA) is 37.8 Å². The lowest BCUT2D eigenvalue weighted by Crippen LogP contribution is -2.06. The van der Waals surface area contributed by atoms with Crippen LogP contribution in [0, 0.1) is 12.8 Å². The minimum atomic E-state index is 0.808. The maximum Gasteiger partial charge on any atom is 0.144 e. The molecule has 1 aliphatic rings. The maximum atomic E-state index is 4.32. The summed E-state index contributed by atoms with van der Waals surface area (Å²) in [5, 5.41) is 3.33. The largest absolute Gasteiger partial charge is 0.369 e. The lowest BCUT2D eigenvalue weighted by molar-refractivity contribution is 0.757. The van der Waals surface area contributed by atoms with E-state index in [4.69, 9.17) is 0 Å². The molecule has 1 aromatic heterocycles. The summed E-state index contributed by atoms with van der Waals surface area (Å²) in [6.07, 6.45) is 5.87. The monoisotopic (exact) mass is 255 g/mol. The van der Waals surface area contributed by atoms with Crippen LogP contribution in [-0.4, -0.2) is 16.5 Å². The smallest absolute Gasteiger partial charge is 0.144 e. The SMILES string of the molecule is Cc1ncc(Br)c(NCCC2CC2)n1. The van der Waals surface area contributed by atoms with Crippen molar-refractivity contribution in [3.63, 3.8) is 0 Å². The highest BCUT2D eigenvalue weighted by Gasteiger charge is 2.20. The summed E-state index contributed by atoms with van der Waals surface area (Å²) in [5.74, 6) is 2.68. The molecule has 1 saturated carbocycles. The Labute approximate surface area is 92.5 Å². The first-order valence-corrected chi connectivity index (χ1v) is 5.78. The van der Waals surface area contributed by atoms with Crippen LogP contribution >= 0.6 is 15.9 Å². The van der Waals surface area contributed by atoms with Gasteiger partial charge in [0.15, 0.2) is 0 Å². The third-order valence-electron chi connectivity index (χ3n) is 2.41. The predicted octanol–water partition coefficient (Wildman–Crippen LogP) is 2.76. The fraction of sp³-hybridized carbons (Fsp3) is 0.600. The Morgan fingerprint density at radius 3 is 3.07 bits per heavy atom. The van der Waals surface area contributed by atoms with E-state index in [1.54, 1.807) is 6.20 Å². The van der Waals surface area contributed by atoms with Crippen molar-refractivity contribution in [2.24, 2.45) is 5.92 Å². The van der Waals surface area contributed by atoms with E-state index >= 15 is 0 Å². The number of nitrogens with one attached hydrogen (secondary N) is 1. The van der Waals surface area contributed by atoms with Crippen LogP contribution in [0.3, 0.4) is 0 Å². The molecule has 0 spiro atoms. The molecule has 0 aromatic carbocycles. The van der Waals surface area contributed by atoms with Crippen LogP contribution in [-0.2, 0) is 0 Å². The van der Waals surface area contributed by atoms with Gasteiger partial charge in [0.2, 0.25) is 0 Å². The third kappa shape index (κ3) is 2.67. The van der Waals surface area contributed by atoms with Crippen LogP contribution in [0.5, 0.6) is 0 Å². The molecule has 1 fully saturated rings. The molecule has 76 valence electrons. The van der Waals surface area contributed by atoms with Crippen molar-refractivity contribution in [3.05, 3.63) is 16.5 Å². The van der Waals surface area contributed by atoms with Crippen molar-refractivity contribution in [1.82, 2.24) is 9.97 Å². The van der Waals surface area contributed by atoms with Crippen LogP contribution in [0.15, 0.2) is 10.7 Å². The zero-order valence-electron chi connectivity index (χ0n) is 8.26. The Bertz CT molecular complexity index is 323. The molecule has 1 heterocycles. The number of hydrogen-bond acceptors (Lipinski definition) is 3. The first-order chi connectivity index (χ1) is 6.75. The molecule has 4 heteroatoms. The Morgan fingerprint density at radius 1 is 1.57 bits per heavy atom. The standard InChI is InChI=1S/C10H14BrN3/c1-7-13-6-9(11)10(14-7)12-5-4-8-2-3-8/h6,8H,2-5H2,1H3,(H,12,13,14). The molecule has 0 unspecified atom stereocenters. The summed E-state index contributed by atoms with van der Waals surface area (Å²) in [5.41, 5.74) is 0. The molecule has 14 heavy (non-hydrogen) atoms. The number of aromatic nitrogens is 2. The highest BCUT2D eigenvalue weighted by molar-refractivity contribution is 9.10. The van der Waals surface area contributed by atoms with Crippen LogP contribution in [0.25, 0.3) is 0 Å². The van der Waals surface area contributed by atoms with E-state index in [-0.39, 0.29) is 0 Å². The molecule has 3 nitrogen and oxygen atoms in total. The van der Waals surface area contributed by atoms with Crippen molar-refractivity contribution in [3.8, 4) is 0 Å². The highest BCUT2D eigenvalue weighted by Crippen LogP contribution is 2.32. The first kappa shape index (κ1) is 9.90. The van der Waals surface area contributed by atoms with Crippen molar-refractivity contribution in [2.75, 3.05) is 11.9 Å². The number of anilines is 1. The van der Waals surface area contributed by atoms with E-state index in [0.29, 0.717) is 0 Å². The fourth-order valence-electron chi connectivity index (χ4n) is 1.38. The lowest BCUT2D eigenvalue weighted by atomic mass is 10.3. The van der Waals surface area contributed by atoms with Crippen LogP contribution in [0.4, 0.5) is 5.82 Å². The molecule has 0 atom stereocenters. The predicted molar refractivity (Wildman–Crippen MR) is 60.3 cm³/mol. The Balaban J connectivity index is 1.89. The number of nitrogens with zero attached hydrogens (tertiary/aromatic N) is 2. The minimum Gasteiger partial charge on any atom is -0.369 e. The van der Waals surface area contributed by atoms with Gasteiger partial charge in [0, 0.05) is 12.7 Å². The van der Waals surface area contributed by atoms with E-state index in [1.165, 1.54) is 19.3 Å². The van der Waals surface area contributed by atoms with Gasteiger partial charge in [-0.2, -0.15) is 0 Å². The lowest BCUT2D eigenvalue weighted by Gasteiger charge is -2.06. The molecule has 0 bridgehead atoms. The highest BCUT2D eigenvalue weighted by atomic mass is 79.9. The van der Waals surface area contributed by atoms with Gasteiger partial charge in [-0.1, -0.05) is 12.8 Å². The van der Waals surface area contributed by atoms with Crippen molar-refractivity contribution in [2.45, 2.75) is 26.2 Å². The Hall–Kier alpha value is -0.640. The van der Waals surface area contributed by atoms with Crippen molar-refractivity contribution < 1.29 is 0 Å². The van der Waals surface area contributed by atoms with Crippen LogP contribution in [0.1, 0.15) is 25.1 Å². The zero-order chi connectivity index (χ0) is 9.97. The van der Waals surface area contributed by atoms with Gasteiger partial charge in [-0.15, -0.1) is 0 Å². The second kappa shape index (κ2) is 4.26. The molecule has 1 aromatic rings. The first-order valence-electron chi connectivity index (χ1n) is 4.98. The molecular formula is C10H14BrN3. The summed E-state index contributed by atoms with van der Waals surface area (Å²) < 4.78 is 0.943. The molecule has 0 radical (unpaired) electrons. The second-order valence-electron chi connectivity index (χ2n) is 3.77. The van der Waals surface area contributed by atoms with Crippen LogP contribution in [0.2, 0.25) is 0 Å². The molecule has 0 aliphatic heterocycles. The zero-order valence-corrected chi connectivity index (χ0v) is 9.84. The van der Waals surface area contributed by atoms with E-state index in [2.05, 4.69) is 31.2 Å². The average Bonchev–Trinajstić information content (AvgIpc) is 2.95. The number of hydrogen-bond donors (Lipinski definition) is 1. The Morgan fingerprint density at radius 2 is 2.36 bits per heavy atom. The van der Waals surface area contributed by atoms with Gasteiger partial charge in [0.05, 0.1) is 4.47 Å². The number of aryl methyl sites for hydroxylation is 1. The van der Waals surface area contributed by atoms with E-state index in [1.807, 2.05) is 6.92 Å². The van der Waals surface area contributed by atoms with Gasteiger partial charge in [-0.05, 0) is 35.2 Å². The van der Waals surface area contributed by atoms with Gasteiger partial charge >= 0.3 is 0 Å². The minimum absolute atomic E-state index is 0.808. The summed E-state index contributed by atoms with van der Waals surface area (Å²) >= 11 is 3.43. The quantitative estimate of drug-likeness (QED) is 0.900. The molecule has 1 aliphatic carbocycles. The van der Waals surface area contributed by atoms with Crippen molar-refractivity contribution in [1.29, 1.82) is 0 Å².